The van der Waals surface area contributed by atoms with Crippen molar-refractivity contribution in [2.24, 2.45) is 0 Å². The van der Waals surface area contributed by atoms with Crippen LogP contribution in [0.15, 0.2) is 35.7 Å². The van der Waals surface area contributed by atoms with Crippen LogP contribution in [0, 0.1) is 5.82 Å². The first kappa shape index (κ1) is 13.1. The lowest BCUT2D eigenvalue weighted by Gasteiger charge is -2.16. The maximum absolute atomic E-state index is 13.3. The Bertz CT molecular complexity index is 497. The van der Waals surface area contributed by atoms with Crippen molar-refractivity contribution in [2.45, 2.75) is 13.0 Å². The van der Waals surface area contributed by atoms with Crippen LogP contribution >= 0.6 is 11.3 Å². The van der Waals surface area contributed by atoms with Crippen LogP contribution < -0.4 is 5.73 Å². The summed E-state index contributed by atoms with van der Waals surface area (Å²) in [5.74, 6) is -0.334. The molecule has 18 heavy (non-hydrogen) atoms. The van der Waals surface area contributed by atoms with Gasteiger partial charge >= 0.3 is 0 Å². The summed E-state index contributed by atoms with van der Waals surface area (Å²) in [5, 5.41) is 2.09. The summed E-state index contributed by atoms with van der Waals surface area (Å²) in [5.41, 5.74) is 6.62. The highest BCUT2D eigenvalue weighted by molar-refractivity contribution is 7.09. The molecule has 0 fully saturated rings. The molecule has 0 aliphatic carbocycles. The van der Waals surface area contributed by atoms with Crippen molar-refractivity contribution in [3.8, 4) is 0 Å². The number of hydrogen-bond donors (Lipinski definition) is 1. The van der Waals surface area contributed by atoms with Gasteiger partial charge in [0.15, 0.2) is 0 Å². The zero-order valence-electron chi connectivity index (χ0n) is 10.4. The molecular weight excluding hydrogens is 247 g/mol. The fourth-order valence-electron chi connectivity index (χ4n) is 1.82. The van der Waals surface area contributed by atoms with Crippen LogP contribution in [0.1, 0.15) is 10.4 Å². The minimum atomic E-state index is -0.334. The van der Waals surface area contributed by atoms with Crippen molar-refractivity contribution in [1.29, 1.82) is 0 Å². The second kappa shape index (κ2) is 5.98. The van der Waals surface area contributed by atoms with Crippen molar-refractivity contribution >= 4 is 17.0 Å². The van der Waals surface area contributed by atoms with E-state index in [1.807, 2.05) is 13.1 Å². The Kier molecular flexibility index (Phi) is 4.33. The van der Waals surface area contributed by atoms with E-state index in [1.165, 1.54) is 10.9 Å². The largest absolute Gasteiger partial charge is 0.396 e. The lowest BCUT2D eigenvalue weighted by molar-refractivity contribution is 0.331. The van der Waals surface area contributed by atoms with Gasteiger partial charge in [-0.05, 0) is 42.6 Å². The van der Waals surface area contributed by atoms with Gasteiger partial charge < -0.3 is 10.6 Å². The number of nitrogen functional groups attached to an aromatic ring is 1. The minimum Gasteiger partial charge on any atom is -0.396 e. The third-order valence-electron chi connectivity index (χ3n) is 2.84. The molecule has 4 heteroatoms. The van der Waals surface area contributed by atoms with E-state index in [0.717, 1.165) is 25.1 Å². The average Bonchev–Trinajstić information content (AvgIpc) is 2.84. The maximum Gasteiger partial charge on any atom is 0.146 e. The molecule has 2 aromatic rings. The average molecular weight is 264 g/mol. The summed E-state index contributed by atoms with van der Waals surface area (Å²) in [7, 11) is 2.04. The van der Waals surface area contributed by atoms with Crippen LogP contribution in [-0.4, -0.2) is 18.5 Å². The number of nitrogens with two attached hydrogens (primary N) is 1. The lowest BCUT2D eigenvalue weighted by Crippen LogP contribution is -2.20. The summed E-state index contributed by atoms with van der Waals surface area (Å²) in [4.78, 5) is 3.57. The molecule has 0 unspecified atom stereocenters. The molecular formula is C14H17FN2S. The molecule has 1 aromatic heterocycles. The Morgan fingerprint density at radius 3 is 2.83 bits per heavy atom. The third kappa shape index (κ3) is 3.55. The Balaban J connectivity index is 1.86. The van der Waals surface area contributed by atoms with Crippen LogP contribution in [0.3, 0.4) is 0 Å². The van der Waals surface area contributed by atoms with E-state index in [4.69, 9.17) is 5.73 Å². The number of likely N-dealkylation sites (N-methyl/N-ethyl adjacent to an activating group) is 1. The Morgan fingerprint density at radius 1 is 1.33 bits per heavy atom. The second-order valence-corrected chi connectivity index (χ2v) is 5.46. The van der Waals surface area contributed by atoms with E-state index in [9.17, 15) is 4.39 Å². The molecule has 2 rings (SSSR count). The zero-order valence-corrected chi connectivity index (χ0v) is 11.2. The standard InChI is InChI=1S/C14H17FN2S/c1-17(7-6-12-3-2-8-18-12)10-11-4-5-14(16)13(15)9-11/h2-5,8-9H,6-7,10,16H2,1H3. The van der Waals surface area contributed by atoms with Crippen molar-refractivity contribution in [1.82, 2.24) is 4.90 Å². The number of rotatable bonds is 5. The molecule has 0 atom stereocenters. The van der Waals surface area contributed by atoms with Crippen LogP contribution in [0.4, 0.5) is 10.1 Å². The van der Waals surface area contributed by atoms with Gasteiger partial charge in [-0.15, -0.1) is 11.3 Å². The summed E-state index contributed by atoms with van der Waals surface area (Å²) in [6.07, 6.45) is 1.03. The normalized spacial score (nSPS) is 11.1. The first-order valence-corrected chi connectivity index (χ1v) is 6.78. The van der Waals surface area contributed by atoms with Gasteiger partial charge in [-0.1, -0.05) is 12.1 Å². The van der Waals surface area contributed by atoms with Crippen molar-refractivity contribution < 1.29 is 4.39 Å². The number of anilines is 1. The molecule has 96 valence electrons. The highest BCUT2D eigenvalue weighted by atomic mass is 32.1. The summed E-state index contributed by atoms with van der Waals surface area (Å²) >= 11 is 1.77. The predicted octanol–water partition coefficient (Wildman–Crippen LogP) is 3.14. The van der Waals surface area contributed by atoms with Gasteiger partial charge in [-0.2, -0.15) is 0 Å². The molecule has 0 radical (unpaired) electrons. The number of halogens is 1. The molecule has 1 aromatic carbocycles. The Hall–Kier alpha value is -1.39. The van der Waals surface area contributed by atoms with Crippen molar-refractivity contribution in [3.05, 3.63) is 52.0 Å². The van der Waals surface area contributed by atoms with E-state index in [2.05, 4.69) is 22.4 Å². The maximum atomic E-state index is 13.3. The van der Waals surface area contributed by atoms with Crippen molar-refractivity contribution in [3.63, 3.8) is 0 Å². The highest BCUT2D eigenvalue weighted by Gasteiger charge is 2.04. The summed E-state index contributed by atoms with van der Waals surface area (Å²) < 4.78 is 13.3. The first-order valence-electron chi connectivity index (χ1n) is 5.90. The molecule has 0 aliphatic heterocycles. The fraction of sp³-hybridized carbons (Fsp3) is 0.286. The van der Waals surface area contributed by atoms with E-state index in [1.54, 1.807) is 17.4 Å². The zero-order chi connectivity index (χ0) is 13.0. The molecule has 0 spiro atoms. The first-order chi connectivity index (χ1) is 8.65. The number of nitrogens with zero attached hydrogens (tertiary/aromatic N) is 1. The van der Waals surface area contributed by atoms with Crippen LogP contribution in [0.25, 0.3) is 0 Å². The quantitative estimate of drug-likeness (QED) is 0.841. The van der Waals surface area contributed by atoms with Gasteiger partial charge in [-0.3, -0.25) is 0 Å². The Labute approximate surface area is 111 Å². The molecule has 2 N–H and O–H groups in total. The number of hydrogen-bond acceptors (Lipinski definition) is 3. The van der Waals surface area contributed by atoms with Gasteiger partial charge in [0, 0.05) is 18.0 Å². The minimum absolute atomic E-state index is 0.208. The van der Waals surface area contributed by atoms with Crippen LogP contribution in [0.5, 0.6) is 0 Å². The molecule has 0 bridgehead atoms. The molecule has 1 heterocycles. The topological polar surface area (TPSA) is 29.3 Å². The van der Waals surface area contributed by atoms with E-state index >= 15 is 0 Å². The van der Waals surface area contributed by atoms with Gasteiger partial charge in [-0.25, -0.2) is 4.39 Å². The predicted molar refractivity (Wildman–Crippen MR) is 75.2 cm³/mol. The SMILES string of the molecule is CN(CCc1cccs1)Cc1ccc(N)c(F)c1. The molecule has 0 amide bonds. The van der Waals surface area contributed by atoms with E-state index in [0.29, 0.717) is 0 Å². The van der Waals surface area contributed by atoms with Gasteiger partial charge in [0.1, 0.15) is 5.82 Å². The second-order valence-electron chi connectivity index (χ2n) is 4.42. The number of benzene rings is 1. The van der Waals surface area contributed by atoms with Crippen molar-refractivity contribution in [2.75, 3.05) is 19.3 Å². The molecule has 0 saturated carbocycles. The van der Waals surface area contributed by atoms with Gasteiger partial charge in [0.2, 0.25) is 0 Å². The molecule has 0 aliphatic rings. The van der Waals surface area contributed by atoms with E-state index < -0.39 is 0 Å². The number of thiophene rings is 1. The molecule has 2 nitrogen and oxygen atoms in total. The Morgan fingerprint density at radius 2 is 2.17 bits per heavy atom. The summed E-state index contributed by atoms with van der Waals surface area (Å²) in [6.45, 7) is 1.70. The van der Waals surface area contributed by atoms with Gasteiger partial charge in [0.05, 0.1) is 5.69 Å². The monoisotopic (exact) mass is 264 g/mol. The lowest BCUT2D eigenvalue weighted by atomic mass is 10.2. The smallest absolute Gasteiger partial charge is 0.146 e. The van der Waals surface area contributed by atoms with E-state index in [-0.39, 0.29) is 11.5 Å². The van der Waals surface area contributed by atoms with Gasteiger partial charge in [0.25, 0.3) is 0 Å². The fourth-order valence-corrected chi connectivity index (χ4v) is 2.51. The van der Waals surface area contributed by atoms with Crippen LogP contribution in [0.2, 0.25) is 0 Å². The highest BCUT2D eigenvalue weighted by Crippen LogP contribution is 2.14. The summed E-state index contributed by atoms with van der Waals surface area (Å²) in [6, 6.07) is 9.21. The molecule has 0 saturated heterocycles. The third-order valence-corrected chi connectivity index (χ3v) is 3.77. The van der Waals surface area contributed by atoms with Crippen LogP contribution in [-0.2, 0) is 13.0 Å².